The lowest BCUT2D eigenvalue weighted by Gasteiger charge is -2.11. The molecule has 2 heterocycles. The van der Waals surface area contributed by atoms with Gasteiger partial charge in [-0.1, -0.05) is 13.8 Å². The van der Waals surface area contributed by atoms with Crippen molar-refractivity contribution in [3.8, 4) is 6.07 Å². The molecule has 1 aromatic heterocycles. The maximum absolute atomic E-state index is 11.9. The monoisotopic (exact) mass is 263 g/mol. The number of fused-ring (bicyclic) bond motifs is 1. The molecular weight excluding hydrogens is 246 g/mol. The number of nitriles is 1. The van der Waals surface area contributed by atoms with Gasteiger partial charge in [0.05, 0.1) is 5.56 Å². The molecule has 5 heteroatoms. The molecule has 1 aromatic rings. The Balaban J connectivity index is 2.26. The van der Waals surface area contributed by atoms with Gasteiger partial charge in [-0.25, -0.2) is 0 Å². The lowest BCUT2D eigenvalue weighted by atomic mass is 10.0. The van der Waals surface area contributed by atoms with Crippen molar-refractivity contribution in [3.05, 3.63) is 16.0 Å². The largest absolute Gasteiger partial charge is 0.316 e. The van der Waals surface area contributed by atoms with Crippen LogP contribution in [0.2, 0.25) is 0 Å². The molecule has 1 aliphatic heterocycles. The highest BCUT2D eigenvalue weighted by molar-refractivity contribution is 7.16. The minimum Gasteiger partial charge on any atom is -0.316 e. The highest BCUT2D eigenvalue weighted by atomic mass is 32.1. The van der Waals surface area contributed by atoms with Crippen LogP contribution in [0.25, 0.3) is 0 Å². The first-order valence-corrected chi connectivity index (χ1v) is 7.05. The summed E-state index contributed by atoms with van der Waals surface area (Å²) in [5, 5.41) is 16.2. The normalized spacial score (nSPS) is 15.6. The molecule has 0 fully saturated rings. The molecule has 1 aliphatic rings. The van der Waals surface area contributed by atoms with Crippen molar-refractivity contribution in [1.29, 1.82) is 5.26 Å². The summed E-state index contributed by atoms with van der Waals surface area (Å²) in [5.74, 6) is -0.0191. The molecule has 0 bridgehead atoms. The van der Waals surface area contributed by atoms with E-state index < -0.39 is 0 Å². The van der Waals surface area contributed by atoms with Crippen LogP contribution in [-0.4, -0.2) is 12.5 Å². The maximum atomic E-state index is 11.9. The molecule has 2 N–H and O–H groups in total. The van der Waals surface area contributed by atoms with E-state index in [1.54, 1.807) is 0 Å². The Morgan fingerprint density at radius 1 is 1.67 bits per heavy atom. The zero-order valence-corrected chi connectivity index (χ0v) is 11.5. The van der Waals surface area contributed by atoms with E-state index in [1.165, 1.54) is 16.2 Å². The van der Waals surface area contributed by atoms with Crippen molar-refractivity contribution in [2.45, 2.75) is 33.2 Å². The van der Waals surface area contributed by atoms with E-state index in [-0.39, 0.29) is 11.8 Å². The van der Waals surface area contributed by atoms with Crippen molar-refractivity contribution >= 4 is 22.2 Å². The number of anilines is 1. The van der Waals surface area contributed by atoms with Crippen molar-refractivity contribution in [1.82, 2.24) is 5.32 Å². The smallest absolute Gasteiger partial charge is 0.227 e. The number of carbonyl (C=O) groups excluding carboxylic acids is 1. The molecule has 0 saturated carbocycles. The average molecular weight is 263 g/mol. The third kappa shape index (κ3) is 2.40. The van der Waals surface area contributed by atoms with Crippen molar-refractivity contribution < 1.29 is 4.79 Å². The van der Waals surface area contributed by atoms with Gasteiger partial charge < -0.3 is 10.6 Å². The molecule has 0 aliphatic carbocycles. The second-order valence-corrected chi connectivity index (χ2v) is 5.65. The van der Waals surface area contributed by atoms with Gasteiger partial charge in [0.15, 0.2) is 0 Å². The van der Waals surface area contributed by atoms with Crippen LogP contribution >= 0.6 is 11.3 Å². The van der Waals surface area contributed by atoms with Crippen molar-refractivity contribution in [3.63, 3.8) is 0 Å². The molecule has 0 radical (unpaired) electrons. The van der Waals surface area contributed by atoms with E-state index >= 15 is 0 Å². The second-order valence-electron chi connectivity index (χ2n) is 4.55. The van der Waals surface area contributed by atoms with Gasteiger partial charge in [0.1, 0.15) is 11.1 Å². The molecule has 18 heavy (non-hydrogen) atoms. The van der Waals surface area contributed by atoms with E-state index in [0.717, 1.165) is 36.5 Å². The van der Waals surface area contributed by atoms with Gasteiger partial charge in [0.25, 0.3) is 0 Å². The Kier molecular flexibility index (Phi) is 4.00. The molecule has 1 atom stereocenters. The average Bonchev–Trinajstić information content (AvgIpc) is 2.74. The maximum Gasteiger partial charge on any atom is 0.227 e. The number of thiophene rings is 1. The SMILES string of the molecule is CCC(C)C(=O)Nc1sc2c(c1C#N)CCNC2. The quantitative estimate of drug-likeness (QED) is 0.879. The second kappa shape index (κ2) is 5.51. The van der Waals surface area contributed by atoms with Gasteiger partial charge in [-0.05, 0) is 24.9 Å². The van der Waals surface area contributed by atoms with E-state index in [2.05, 4.69) is 16.7 Å². The fraction of sp³-hybridized carbons (Fsp3) is 0.538. The fourth-order valence-electron chi connectivity index (χ4n) is 1.96. The van der Waals surface area contributed by atoms with Gasteiger partial charge in [0, 0.05) is 17.3 Å². The molecule has 0 spiro atoms. The number of nitrogens with one attached hydrogen (secondary N) is 2. The molecule has 4 nitrogen and oxygen atoms in total. The summed E-state index contributed by atoms with van der Waals surface area (Å²) in [6.45, 7) is 5.58. The first kappa shape index (κ1) is 13.1. The number of carbonyl (C=O) groups is 1. The third-order valence-electron chi connectivity index (χ3n) is 3.34. The number of nitrogens with zero attached hydrogens (tertiary/aromatic N) is 1. The van der Waals surface area contributed by atoms with Gasteiger partial charge >= 0.3 is 0 Å². The third-order valence-corrected chi connectivity index (χ3v) is 4.48. The predicted octanol–water partition coefficient (Wildman–Crippen LogP) is 2.25. The summed E-state index contributed by atoms with van der Waals surface area (Å²) in [6.07, 6.45) is 1.67. The highest BCUT2D eigenvalue weighted by Crippen LogP contribution is 2.35. The molecule has 2 rings (SSSR count). The summed E-state index contributed by atoms with van der Waals surface area (Å²) in [4.78, 5) is 13.1. The van der Waals surface area contributed by atoms with E-state index in [1.807, 2.05) is 13.8 Å². The first-order valence-electron chi connectivity index (χ1n) is 6.23. The summed E-state index contributed by atoms with van der Waals surface area (Å²) in [6, 6.07) is 2.23. The first-order chi connectivity index (χ1) is 8.67. The topological polar surface area (TPSA) is 64.9 Å². The minimum absolute atomic E-state index is 0.000515. The predicted molar refractivity (Wildman–Crippen MR) is 72.5 cm³/mol. The Bertz CT molecular complexity index is 501. The van der Waals surface area contributed by atoms with Gasteiger partial charge in [-0.3, -0.25) is 4.79 Å². The van der Waals surface area contributed by atoms with Crippen LogP contribution in [-0.2, 0) is 17.8 Å². The minimum atomic E-state index is -0.0196. The zero-order valence-electron chi connectivity index (χ0n) is 10.7. The number of rotatable bonds is 3. The molecular formula is C13H17N3OS. The number of amides is 1. The van der Waals surface area contributed by atoms with E-state index in [4.69, 9.17) is 0 Å². The number of hydrogen-bond donors (Lipinski definition) is 2. The van der Waals surface area contributed by atoms with Crippen molar-refractivity contribution in [2.75, 3.05) is 11.9 Å². The van der Waals surface area contributed by atoms with Gasteiger partial charge in [0.2, 0.25) is 5.91 Å². The molecule has 96 valence electrons. The van der Waals surface area contributed by atoms with Crippen LogP contribution in [0.15, 0.2) is 0 Å². The van der Waals surface area contributed by atoms with Crippen LogP contribution in [0.1, 0.15) is 36.3 Å². The van der Waals surface area contributed by atoms with Gasteiger partial charge in [-0.2, -0.15) is 5.26 Å². The van der Waals surface area contributed by atoms with Crippen LogP contribution in [0.3, 0.4) is 0 Å². The van der Waals surface area contributed by atoms with E-state index in [0.29, 0.717) is 5.56 Å². The fourth-order valence-corrected chi connectivity index (χ4v) is 3.13. The number of hydrogen-bond acceptors (Lipinski definition) is 4. The van der Waals surface area contributed by atoms with Crippen molar-refractivity contribution in [2.24, 2.45) is 5.92 Å². The molecule has 0 aromatic carbocycles. The van der Waals surface area contributed by atoms with Gasteiger partial charge in [-0.15, -0.1) is 11.3 Å². The summed E-state index contributed by atoms with van der Waals surface area (Å²) < 4.78 is 0. The molecule has 1 unspecified atom stereocenters. The Labute approximate surface area is 111 Å². The summed E-state index contributed by atoms with van der Waals surface area (Å²) >= 11 is 1.53. The molecule has 1 amide bonds. The Morgan fingerprint density at radius 3 is 3.11 bits per heavy atom. The molecule has 0 saturated heterocycles. The van der Waals surface area contributed by atoms with Crippen LogP contribution in [0.4, 0.5) is 5.00 Å². The Morgan fingerprint density at radius 2 is 2.44 bits per heavy atom. The standard InChI is InChI=1S/C13H17N3OS/c1-3-8(2)12(17)16-13-10(6-14)9-4-5-15-7-11(9)18-13/h8,15H,3-5,7H2,1-2H3,(H,16,17). The highest BCUT2D eigenvalue weighted by Gasteiger charge is 2.22. The lowest BCUT2D eigenvalue weighted by Crippen LogP contribution is -2.22. The van der Waals surface area contributed by atoms with Crippen LogP contribution < -0.4 is 10.6 Å². The van der Waals surface area contributed by atoms with E-state index in [9.17, 15) is 10.1 Å². The Hall–Kier alpha value is -1.38. The van der Waals surface area contributed by atoms with Crippen LogP contribution in [0, 0.1) is 17.2 Å². The lowest BCUT2D eigenvalue weighted by molar-refractivity contribution is -0.119. The van der Waals surface area contributed by atoms with Crippen LogP contribution in [0.5, 0.6) is 0 Å². The summed E-state index contributed by atoms with van der Waals surface area (Å²) in [5.41, 5.74) is 1.77. The summed E-state index contributed by atoms with van der Waals surface area (Å²) in [7, 11) is 0. The zero-order chi connectivity index (χ0) is 13.1.